The average molecular weight is 338 g/mol. The van der Waals surface area contributed by atoms with E-state index in [-0.39, 0.29) is 17.1 Å². The molecule has 0 saturated carbocycles. The highest BCUT2D eigenvalue weighted by atomic mass is 32.2. The molecule has 0 bridgehead atoms. The second kappa shape index (κ2) is 6.50. The molecule has 0 aliphatic carbocycles. The summed E-state index contributed by atoms with van der Waals surface area (Å²) in [5.74, 6) is -0.110. The van der Waals surface area contributed by atoms with E-state index in [0.717, 1.165) is 6.20 Å². The van der Waals surface area contributed by atoms with Crippen LogP contribution in [0.3, 0.4) is 0 Å². The fourth-order valence-electron chi connectivity index (χ4n) is 1.69. The number of nitrogens with two attached hydrogens (primary N) is 1. The van der Waals surface area contributed by atoms with Crippen LogP contribution >= 0.6 is 11.8 Å². The molecule has 0 aromatic carbocycles. The van der Waals surface area contributed by atoms with Gasteiger partial charge in [-0.2, -0.15) is 0 Å². The summed E-state index contributed by atoms with van der Waals surface area (Å²) < 4.78 is 1.31. The maximum absolute atomic E-state index is 12.0. The van der Waals surface area contributed by atoms with Gasteiger partial charge in [0.2, 0.25) is 5.82 Å². The zero-order chi connectivity index (χ0) is 17.2. The molecule has 0 radical (unpaired) electrons. The zero-order valence-corrected chi connectivity index (χ0v) is 13.9. The van der Waals surface area contributed by atoms with Crippen molar-refractivity contribution in [2.24, 2.45) is 23.2 Å². The highest BCUT2D eigenvalue weighted by molar-refractivity contribution is 8.18. The predicted octanol–water partition coefficient (Wildman–Crippen LogP) is 0.873. The van der Waals surface area contributed by atoms with E-state index in [9.17, 15) is 14.9 Å². The number of amidine groups is 1. The van der Waals surface area contributed by atoms with Gasteiger partial charge in [0.05, 0.1) is 12.0 Å². The van der Waals surface area contributed by atoms with Crippen molar-refractivity contribution in [2.45, 2.75) is 13.8 Å². The predicted molar refractivity (Wildman–Crippen MR) is 88.7 cm³/mol. The first kappa shape index (κ1) is 17.2. The summed E-state index contributed by atoms with van der Waals surface area (Å²) in [6.07, 6.45) is 2.66. The third kappa shape index (κ3) is 3.96. The Morgan fingerprint density at radius 3 is 2.87 bits per heavy atom. The summed E-state index contributed by atoms with van der Waals surface area (Å²) in [5, 5.41) is 14.0. The van der Waals surface area contributed by atoms with Crippen LogP contribution in [0, 0.1) is 15.5 Å². The summed E-state index contributed by atoms with van der Waals surface area (Å²) >= 11 is 1.18. The van der Waals surface area contributed by atoms with Crippen LogP contribution in [0.25, 0.3) is 6.08 Å². The fourth-order valence-corrected chi connectivity index (χ4v) is 2.48. The van der Waals surface area contributed by atoms with Crippen LogP contribution in [0.15, 0.2) is 16.1 Å². The Morgan fingerprint density at radius 1 is 1.61 bits per heavy atom. The topological polar surface area (TPSA) is 128 Å². The minimum Gasteiger partial charge on any atom is -0.358 e. The highest BCUT2D eigenvalue weighted by Crippen LogP contribution is 2.27. The quantitative estimate of drug-likeness (QED) is 0.466. The largest absolute Gasteiger partial charge is 0.358 e. The van der Waals surface area contributed by atoms with Crippen LogP contribution in [-0.2, 0) is 11.8 Å². The van der Waals surface area contributed by atoms with E-state index >= 15 is 0 Å². The monoisotopic (exact) mass is 338 g/mol. The van der Waals surface area contributed by atoms with E-state index in [1.165, 1.54) is 29.5 Å². The first-order valence-corrected chi connectivity index (χ1v) is 7.67. The number of aromatic nitrogens is 2. The molecule has 1 aromatic rings. The standard InChI is InChI=1S/C13H18N6O3S/c1-13(2,6-14)7-16-12-17-11(20)8(23-12)4-9-15-5-10(18(9)3)19(21)22/h4-5H,6-7,14H2,1-3H3,(H,16,17,20)/b8-4-. The summed E-state index contributed by atoms with van der Waals surface area (Å²) in [5.41, 5.74) is 5.50. The van der Waals surface area contributed by atoms with E-state index < -0.39 is 4.92 Å². The summed E-state index contributed by atoms with van der Waals surface area (Å²) in [6, 6.07) is 0. The molecule has 23 heavy (non-hydrogen) atoms. The zero-order valence-electron chi connectivity index (χ0n) is 13.1. The maximum atomic E-state index is 12.0. The van der Waals surface area contributed by atoms with E-state index in [0.29, 0.717) is 29.0 Å². The molecule has 1 aliphatic rings. The first-order chi connectivity index (χ1) is 10.7. The van der Waals surface area contributed by atoms with Crippen molar-refractivity contribution < 1.29 is 9.72 Å². The third-order valence-electron chi connectivity index (χ3n) is 3.30. The molecular weight excluding hydrogens is 320 g/mol. The van der Waals surface area contributed by atoms with Gasteiger partial charge in [0, 0.05) is 12.6 Å². The molecule has 0 unspecified atom stereocenters. The van der Waals surface area contributed by atoms with Crippen LogP contribution in [0.1, 0.15) is 19.7 Å². The number of hydrogen-bond donors (Lipinski definition) is 2. The molecule has 0 spiro atoms. The van der Waals surface area contributed by atoms with Gasteiger partial charge in [-0.1, -0.05) is 13.8 Å². The minimum absolute atomic E-state index is 0.140. The van der Waals surface area contributed by atoms with Gasteiger partial charge in [-0.05, 0) is 28.6 Å². The number of aliphatic imine (C=N–C) groups is 1. The molecule has 2 heterocycles. The van der Waals surface area contributed by atoms with Crippen molar-refractivity contribution in [3.05, 3.63) is 27.0 Å². The number of nitrogens with one attached hydrogen (secondary N) is 1. The second-order valence-electron chi connectivity index (χ2n) is 5.85. The third-order valence-corrected chi connectivity index (χ3v) is 4.25. The van der Waals surface area contributed by atoms with E-state index in [4.69, 9.17) is 5.73 Å². The smallest absolute Gasteiger partial charge is 0.342 e. The van der Waals surface area contributed by atoms with Crippen LogP contribution in [0.2, 0.25) is 0 Å². The molecule has 124 valence electrons. The Labute approximate surface area is 137 Å². The van der Waals surface area contributed by atoms with Crippen LogP contribution in [-0.4, -0.2) is 38.6 Å². The normalized spacial score (nSPS) is 18.7. The lowest BCUT2D eigenvalue weighted by molar-refractivity contribution is -0.391. The van der Waals surface area contributed by atoms with Crippen molar-refractivity contribution in [1.29, 1.82) is 0 Å². The molecule has 10 heteroatoms. The highest BCUT2D eigenvalue weighted by Gasteiger charge is 2.26. The molecule has 1 fully saturated rings. The molecule has 3 N–H and O–H groups in total. The second-order valence-corrected chi connectivity index (χ2v) is 6.88. The Kier molecular flexibility index (Phi) is 4.85. The Morgan fingerprint density at radius 2 is 2.30 bits per heavy atom. The number of rotatable bonds is 5. The Hall–Kier alpha value is -2.20. The molecule has 1 aliphatic heterocycles. The van der Waals surface area contributed by atoms with Crippen LogP contribution in [0.5, 0.6) is 0 Å². The number of nitro groups is 1. The van der Waals surface area contributed by atoms with E-state index in [1.54, 1.807) is 0 Å². The van der Waals surface area contributed by atoms with E-state index in [2.05, 4.69) is 15.3 Å². The molecule has 9 nitrogen and oxygen atoms in total. The number of thioether (sulfide) groups is 1. The number of imidazole rings is 1. The summed E-state index contributed by atoms with van der Waals surface area (Å²) in [6.45, 7) is 4.96. The van der Waals surface area contributed by atoms with Crippen molar-refractivity contribution >= 4 is 34.7 Å². The molecule has 2 rings (SSSR count). The number of nitrogens with zero attached hydrogens (tertiary/aromatic N) is 4. The Bertz CT molecular complexity index is 707. The maximum Gasteiger partial charge on any atom is 0.342 e. The minimum atomic E-state index is -0.529. The number of amides is 1. The van der Waals surface area contributed by atoms with E-state index in [1.807, 2.05) is 13.8 Å². The molecule has 1 amide bonds. The SMILES string of the molecule is Cn1c([N+](=O)[O-])cnc1/C=C1\SC(=NCC(C)(C)CN)NC1=O. The molecule has 1 aromatic heterocycles. The molecule has 0 atom stereocenters. The van der Waals surface area contributed by atoms with Crippen LogP contribution < -0.4 is 11.1 Å². The van der Waals surface area contributed by atoms with Crippen molar-refractivity contribution in [2.75, 3.05) is 13.1 Å². The van der Waals surface area contributed by atoms with Gasteiger partial charge in [-0.15, -0.1) is 0 Å². The number of carbonyl (C=O) groups excluding carboxylic acids is 1. The summed E-state index contributed by atoms with van der Waals surface area (Å²) in [4.78, 5) is 30.9. The van der Waals surface area contributed by atoms with Gasteiger partial charge in [0.15, 0.2) is 5.17 Å². The fraction of sp³-hybridized carbons (Fsp3) is 0.462. The van der Waals surface area contributed by atoms with Crippen molar-refractivity contribution in [1.82, 2.24) is 14.9 Å². The number of hydrogen-bond acceptors (Lipinski definition) is 7. The van der Waals surface area contributed by atoms with Crippen LogP contribution in [0.4, 0.5) is 5.82 Å². The Balaban J connectivity index is 2.17. The lowest BCUT2D eigenvalue weighted by atomic mass is 9.94. The lowest BCUT2D eigenvalue weighted by Gasteiger charge is -2.19. The van der Waals surface area contributed by atoms with Gasteiger partial charge in [-0.25, -0.2) is 9.55 Å². The molecule has 1 saturated heterocycles. The lowest BCUT2D eigenvalue weighted by Crippen LogP contribution is -2.28. The van der Waals surface area contributed by atoms with Gasteiger partial charge in [0.1, 0.15) is 6.20 Å². The van der Waals surface area contributed by atoms with Crippen molar-refractivity contribution in [3.8, 4) is 0 Å². The number of carbonyl (C=O) groups is 1. The van der Waals surface area contributed by atoms with Gasteiger partial charge in [-0.3, -0.25) is 9.79 Å². The average Bonchev–Trinajstić information content (AvgIpc) is 3.02. The molecular formula is C13H18N6O3S. The van der Waals surface area contributed by atoms with Crippen molar-refractivity contribution in [3.63, 3.8) is 0 Å². The van der Waals surface area contributed by atoms with Gasteiger partial charge < -0.3 is 21.2 Å². The van der Waals surface area contributed by atoms with Gasteiger partial charge in [0.25, 0.3) is 5.91 Å². The first-order valence-electron chi connectivity index (χ1n) is 6.85. The summed E-state index contributed by atoms with van der Waals surface area (Å²) in [7, 11) is 1.52. The van der Waals surface area contributed by atoms with Gasteiger partial charge >= 0.3 is 5.82 Å².